The van der Waals surface area contributed by atoms with Crippen LogP contribution < -0.4 is 14.8 Å². The molecule has 0 spiro atoms. The maximum Gasteiger partial charge on any atom is 0.244 e. The second-order valence-corrected chi connectivity index (χ2v) is 8.86. The van der Waals surface area contributed by atoms with Crippen LogP contribution in [-0.4, -0.2) is 27.5 Å². The number of anilines is 1. The molecule has 1 unspecified atom stereocenters. The Labute approximate surface area is 167 Å². The normalized spacial score (nSPS) is 12.7. The number of ether oxygens (including phenoxy) is 1. The summed E-state index contributed by atoms with van der Waals surface area (Å²) in [5.41, 5.74) is 3.43. The van der Waals surface area contributed by atoms with Crippen molar-refractivity contribution in [1.29, 1.82) is 0 Å². The number of carbonyl (C=O) groups is 1. The molecule has 7 heteroatoms. The quantitative estimate of drug-likeness (QED) is 0.736. The van der Waals surface area contributed by atoms with Gasteiger partial charge in [0.25, 0.3) is 0 Å². The van der Waals surface area contributed by atoms with E-state index >= 15 is 0 Å². The van der Waals surface area contributed by atoms with Gasteiger partial charge in [-0.25, -0.2) is 8.42 Å². The molecule has 0 aliphatic carbocycles. The summed E-state index contributed by atoms with van der Waals surface area (Å²) in [5, 5.41) is 2.88. The van der Waals surface area contributed by atoms with Gasteiger partial charge in [-0.15, -0.1) is 0 Å². The molecule has 0 aromatic heterocycles. The van der Waals surface area contributed by atoms with Gasteiger partial charge in [0.05, 0.1) is 13.2 Å². The number of rotatable bonds is 7. The predicted molar refractivity (Wildman–Crippen MR) is 111 cm³/mol. The van der Waals surface area contributed by atoms with Gasteiger partial charge in [-0.05, 0) is 55.5 Å². The van der Waals surface area contributed by atoms with E-state index in [0.717, 1.165) is 22.4 Å². The molecule has 0 fully saturated rings. The molecule has 0 bridgehead atoms. The summed E-state index contributed by atoms with van der Waals surface area (Å²) in [7, 11) is -2.53. The van der Waals surface area contributed by atoms with Crippen LogP contribution in [0.5, 0.6) is 5.75 Å². The van der Waals surface area contributed by atoms with E-state index in [0.29, 0.717) is 0 Å². The molecule has 2 N–H and O–H groups in total. The third-order valence-electron chi connectivity index (χ3n) is 4.51. The second-order valence-electron chi connectivity index (χ2n) is 7.18. The standard InChI is InChI=1S/C21H28N2O4S/c1-13(2)17-9-7-8-15(4)20(17)22-21(24)16(5)23-28(25,26)19-12-14(3)10-11-18(19)27-6/h7-13,16,23H,1-6H3,(H,22,24). The molecule has 2 aromatic rings. The number of sulfonamides is 1. The second kappa shape index (κ2) is 8.75. The lowest BCUT2D eigenvalue weighted by Gasteiger charge is -2.20. The fourth-order valence-electron chi connectivity index (χ4n) is 2.92. The van der Waals surface area contributed by atoms with E-state index in [4.69, 9.17) is 4.74 Å². The number of amides is 1. The van der Waals surface area contributed by atoms with Crippen molar-refractivity contribution in [3.8, 4) is 5.75 Å². The lowest BCUT2D eigenvalue weighted by atomic mass is 9.98. The number of hydrogen-bond acceptors (Lipinski definition) is 4. The van der Waals surface area contributed by atoms with Gasteiger partial charge < -0.3 is 10.1 Å². The molecule has 0 aliphatic rings. The highest BCUT2D eigenvalue weighted by molar-refractivity contribution is 7.89. The lowest BCUT2D eigenvalue weighted by Crippen LogP contribution is -2.41. The molecular weight excluding hydrogens is 376 g/mol. The smallest absolute Gasteiger partial charge is 0.244 e. The maximum absolute atomic E-state index is 12.8. The molecule has 0 heterocycles. The third kappa shape index (κ3) is 4.91. The molecule has 0 aliphatic heterocycles. The highest BCUT2D eigenvalue weighted by Crippen LogP contribution is 2.28. The van der Waals surface area contributed by atoms with Gasteiger partial charge in [0.15, 0.2) is 0 Å². The van der Waals surface area contributed by atoms with E-state index in [2.05, 4.69) is 10.0 Å². The third-order valence-corrected chi connectivity index (χ3v) is 6.07. The van der Waals surface area contributed by atoms with Crippen LogP contribution in [0.1, 0.15) is 43.4 Å². The molecule has 6 nitrogen and oxygen atoms in total. The highest BCUT2D eigenvalue weighted by Gasteiger charge is 2.26. The zero-order chi connectivity index (χ0) is 21.1. The van der Waals surface area contributed by atoms with Gasteiger partial charge in [-0.2, -0.15) is 4.72 Å². The SMILES string of the molecule is COc1ccc(C)cc1S(=O)(=O)NC(C)C(=O)Nc1c(C)cccc1C(C)C. The van der Waals surface area contributed by atoms with Gasteiger partial charge >= 0.3 is 0 Å². The Morgan fingerprint density at radius 2 is 1.75 bits per heavy atom. The zero-order valence-electron chi connectivity index (χ0n) is 17.2. The van der Waals surface area contributed by atoms with Crippen LogP contribution in [0.25, 0.3) is 0 Å². The van der Waals surface area contributed by atoms with Crippen LogP contribution in [0.3, 0.4) is 0 Å². The van der Waals surface area contributed by atoms with E-state index < -0.39 is 22.0 Å². The summed E-state index contributed by atoms with van der Waals surface area (Å²) < 4.78 is 33.2. The van der Waals surface area contributed by atoms with Gasteiger partial charge in [-0.3, -0.25) is 4.79 Å². The minimum atomic E-state index is -3.93. The molecular formula is C21H28N2O4S. The lowest BCUT2D eigenvalue weighted by molar-refractivity contribution is -0.117. The van der Waals surface area contributed by atoms with Crippen LogP contribution in [0.2, 0.25) is 0 Å². The van der Waals surface area contributed by atoms with E-state index in [-0.39, 0.29) is 16.6 Å². The molecule has 0 saturated carbocycles. The Hall–Kier alpha value is -2.38. The number of carbonyl (C=O) groups excluding carboxylic acids is 1. The minimum Gasteiger partial charge on any atom is -0.495 e. The highest BCUT2D eigenvalue weighted by atomic mass is 32.2. The van der Waals surface area contributed by atoms with Crippen molar-refractivity contribution in [1.82, 2.24) is 4.72 Å². The number of methoxy groups -OCH3 is 1. The first-order valence-electron chi connectivity index (χ1n) is 9.14. The van der Waals surface area contributed by atoms with E-state index in [1.54, 1.807) is 19.1 Å². The molecule has 28 heavy (non-hydrogen) atoms. The molecule has 1 atom stereocenters. The first-order chi connectivity index (χ1) is 13.1. The Kier molecular flexibility index (Phi) is 6.85. The Morgan fingerprint density at radius 3 is 2.36 bits per heavy atom. The van der Waals surface area contributed by atoms with Gasteiger partial charge in [0.1, 0.15) is 10.6 Å². The predicted octanol–water partition coefficient (Wildman–Crippen LogP) is 3.74. The monoisotopic (exact) mass is 404 g/mol. The summed E-state index contributed by atoms with van der Waals surface area (Å²) in [6.45, 7) is 9.30. The minimum absolute atomic E-state index is 0.00779. The summed E-state index contributed by atoms with van der Waals surface area (Å²) in [5.74, 6) is 0.0249. The fourth-order valence-corrected chi connectivity index (χ4v) is 4.37. The van der Waals surface area contributed by atoms with Crippen LogP contribution in [0, 0.1) is 13.8 Å². The Balaban J connectivity index is 2.25. The molecule has 2 aromatic carbocycles. The van der Waals surface area contributed by atoms with Crippen LogP contribution in [-0.2, 0) is 14.8 Å². The summed E-state index contributed by atoms with van der Waals surface area (Å²) >= 11 is 0. The van der Waals surface area contributed by atoms with Crippen molar-refractivity contribution in [2.75, 3.05) is 12.4 Å². The van der Waals surface area contributed by atoms with Crippen molar-refractivity contribution in [3.63, 3.8) is 0 Å². The van der Waals surface area contributed by atoms with E-state index in [1.807, 2.05) is 39.0 Å². The van der Waals surface area contributed by atoms with Crippen LogP contribution in [0.15, 0.2) is 41.3 Å². The molecule has 0 radical (unpaired) electrons. The van der Waals surface area contributed by atoms with Crippen molar-refractivity contribution >= 4 is 21.6 Å². The summed E-state index contributed by atoms with van der Waals surface area (Å²) in [6.07, 6.45) is 0. The van der Waals surface area contributed by atoms with Gasteiger partial charge in [0, 0.05) is 5.69 Å². The maximum atomic E-state index is 12.8. The molecule has 2 rings (SSSR count). The first kappa shape index (κ1) is 21.9. The van der Waals surface area contributed by atoms with Gasteiger partial charge in [0.2, 0.25) is 15.9 Å². The Morgan fingerprint density at radius 1 is 1.07 bits per heavy atom. The number of benzene rings is 2. The number of para-hydroxylation sites is 1. The van der Waals surface area contributed by atoms with E-state index in [1.165, 1.54) is 20.1 Å². The molecule has 152 valence electrons. The number of aryl methyl sites for hydroxylation is 2. The molecule has 0 saturated heterocycles. The van der Waals surface area contributed by atoms with Crippen molar-refractivity contribution in [2.45, 2.75) is 51.5 Å². The van der Waals surface area contributed by atoms with Crippen molar-refractivity contribution in [2.24, 2.45) is 0 Å². The zero-order valence-corrected chi connectivity index (χ0v) is 18.0. The van der Waals surface area contributed by atoms with Crippen molar-refractivity contribution < 1.29 is 17.9 Å². The molecule has 1 amide bonds. The summed E-state index contributed by atoms with van der Waals surface area (Å²) in [6, 6.07) is 9.72. The summed E-state index contributed by atoms with van der Waals surface area (Å²) in [4.78, 5) is 12.7. The van der Waals surface area contributed by atoms with E-state index in [9.17, 15) is 13.2 Å². The number of hydrogen-bond donors (Lipinski definition) is 2. The Bertz CT molecular complexity index is 968. The first-order valence-corrected chi connectivity index (χ1v) is 10.6. The largest absolute Gasteiger partial charge is 0.495 e. The van der Waals surface area contributed by atoms with Crippen molar-refractivity contribution in [3.05, 3.63) is 53.1 Å². The van der Waals surface area contributed by atoms with Gasteiger partial charge in [-0.1, -0.05) is 38.1 Å². The fraction of sp³-hybridized carbons (Fsp3) is 0.381. The average molecular weight is 405 g/mol. The van der Waals surface area contributed by atoms with Crippen LogP contribution in [0.4, 0.5) is 5.69 Å². The average Bonchev–Trinajstić information content (AvgIpc) is 2.62. The number of nitrogens with one attached hydrogen (secondary N) is 2. The van der Waals surface area contributed by atoms with Crippen LogP contribution >= 0.6 is 0 Å². The topological polar surface area (TPSA) is 84.5 Å².